The lowest BCUT2D eigenvalue weighted by Gasteiger charge is -2.27. The van der Waals surface area contributed by atoms with Crippen molar-refractivity contribution in [3.05, 3.63) is 47.5 Å². The van der Waals surface area contributed by atoms with E-state index in [1.165, 1.54) is 24.1 Å². The van der Waals surface area contributed by atoms with Gasteiger partial charge < -0.3 is 0 Å². The summed E-state index contributed by atoms with van der Waals surface area (Å²) < 4.78 is 0. The van der Waals surface area contributed by atoms with Gasteiger partial charge >= 0.3 is 0 Å². The van der Waals surface area contributed by atoms with E-state index in [-0.39, 0.29) is 0 Å². The Labute approximate surface area is 97.2 Å². The fourth-order valence-electron chi connectivity index (χ4n) is 2.01. The molecule has 1 aromatic rings. The number of fused-ring (bicyclic) bond motifs is 1. The fourth-order valence-corrected chi connectivity index (χ4v) is 2.16. The summed E-state index contributed by atoms with van der Waals surface area (Å²) in [4.78, 5) is 2.47. The van der Waals surface area contributed by atoms with Gasteiger partial charge in [0, 0.05) is 25.4 Å². The Morgan fingerprint density at radius 1 is 1.20 bits per heavy atom. The Morgan fingerprint density at radius 2 is 2.00 bits per heavy atom. The van der Waals surface area contributed by atoms with Crippen LogP contribution >= 0.6 is 12.6 Å². The minimum Gasteiger partial charge on any atom is -0.295 e. The first-order valence-electron chi connectivity index (χ1n) is 5.45. The van der Waals surface area contributed by atoms with Crippen molar-refractivity contribution >= 4 is 12.6 Å². The summed E-state index contributed by atoms with van der Waals surface area (Å²) in [6.45, 7) is 3.32. The van der Waals surface area contributed by atoms with Crippen molar-refractivity contribution in [3.63, 3.8) is 0 Å². The Kier molecular flexibility index (Phi) is 3.87. The molecule has 0 radical (unpaired) electrons. The maximum absolute atomic E-state index is 4.16. The molecule has 0 saturated heterocycles. The molecule has 15 heavy (non-hydrogen) atoms. The average Bonchev–Trinajstić information content (AvgIpc) is 2.29. The second-order valence-corrected chi connectivity index (χ2v) is 4.27. The first kappa shape index (κ1) is 10.8. The largest absolute Gasteiger partial charge is 0.295 e. The van der Waals surface area contributed by atoms with Crippen molar-refractivity contribution in [1.82, 2.24) is 4.90 Å². The number of hydrogen-bond acceptors (Lipinski definition) is 2. The molecule has 0 atom stereocenters. The van der Waals surface area contributed by atoms with Gasteiger partial charge in [0.2, 0.25) is 0 Å². The smallest absolute Gasteiger partial charge is 0.0239 e. The Bertz CT molecular complexity index is 346. The summed E-state index contributed by atoms with van der Waals surface area (Å²) in [5.41, 5.74) is 3.01. The molecule has 0 spiro atoms. The average molecular weight is 219 g/mol. The van der Waals surface area contributed by atoms with Crippen molar-refractivity contribution in [2.24, 2.45) is 0 Å². The molecule has 1 aliphatic rings. The van der Waals surface area contributed by atoms with Crippen LogP contribution in [-0.2, 0) is 13.0 Å². The van der Waals surface area contributed by atoms with E-state index in [9.17, 15) is 0 Å². The molecule has 0 bridgehead atoms. The summed E-state index contributed by atoms with van der Waals surface area (Å²) >= 11 is 4.16. The third kappa shape index (κ3) is 2.86. The highest BCUT2D eigenvalue weighted by Gasteiger charge is 2.13. The zero-order chi connectivity index (χ0) is 10.5. The van der Waals surface area contributed by atoms with Crippen molar-refractivity contribution in [3.8, 4) is 0 Å². The normalized spacial score (nSPS) is 16.9. The fraction of sp³-hybridized carbons (Fsp3) is 0.385. The first-order chi connectivity index (χ1) is 7.40. The Balaban J connectivity index is 1.96. The summed E-state index contributed by atoms with van der Waals surface area (Å²) in [6.07, 6.45) is 5.51. The number of benzene rings is 1. The van der Waals surface area contributed by atoms with E-state index in [2.05, 4.69) is 53.9 Å². The molecular weight excluding hydrogens is 202 g/mol. The van der Waals surface area contributed by atoms with E-state index in [4.69, 9.17) is 0 Å². The van der Waals surface area contributed by atoms with E-state index in [0.29, 0.717) is 0 Å². The summed E-state index contributed by atoms with van der Waals surface area (Å²) in [6, 6.07) is 8.75. The van der Waals surface area contributed by atoms with Gasteiger partial charge in [-0.3, -0.25) is 4.90 Å². The molecule has 1 nitrogen and oxygen atoms in total. The monoisotopic (exact) mass is 219 g/mol. The Hall–Kier alpha value is -0.730. The highest BCUT2D eigenvalue weighted by molar-refractivity contribution is 7.80. The van der Waals surface area contributed by atoms with Gasteiger partial charge in [-0.25, -0.2) is 0 Å². The summed E-state index contributed by atoms with van der Waals surface area (Å²) in [5, 5.41) is 0. The van der Waals surface area contributed by atoms with Crippen LogP contribution in [0, 0.1) is 0 Å². The van der Waals surface area contributed by atoms with E-state index < -0.39 is 0 Å². The molecule has 1 heterocycles. The van der Waals surface area contributed by atoms with Gasteiger partial charge in [0.1, 0.15) is 0 Å². The van der Waals surface area contributed by atoms with Gasteiger partial charge in [-0.05, 0) is 17.5 Å². The predicted octanol–water partition coefficient (Wildman–Crippen LogP) is 2.53. The molecule has 0 aliphatic carbocycles. The van der Waals surface area contributed by atoms with Crippen LogP contribution in [0.25, 0.3) is 0 Å². The molecule has 0 amide bonds. The lowest BCUT2D eigenvalue weighted by Crippen LogP contribution is -2.30. The highest BCUT2D eigenvalue weighted by Crippen LogP contribution is 2.17. The second kappa shape index (κ2) is 5.38. The minimum absolute atomic E-state index is 0.838. The highest BCUT2D eigenvalue weighted by atomic mass is 32.1. The van der Waals surface area contributed by atoms with E-state index >= 15 is 0 Å². The van der Waals surface area contributed by atoms with Crippen LogP contribution in [0.15, 0.2) is 36.4 Å². The van der Waals surface area contributed by atoms with Gasteiger partial charge in [-0.2, -0.15) is 12.6 Å². The van der Waals surface area contributed by atoms with Gasteiger partial charge in [-0.1, -0.05) is 36.4 Å². The molecule has 1 aromatic carbocycles. The zero-order valence-electron chi connectivity index (χ0n) is 8.89. The Morgan fingerprint density at radius 3 is 2.80 bits per heavy atom. The zero-order valence-corrected chi connectivity index (χ0v) is 9.79. The number of hydrogen-bond donors (Lipinski definition) is 1. The molecular formula is C13H17NS. The van der Waals surface area contributed by atoms with Crippen LogP contribution in [0.1, 0.15) is 11.1 Å². The van der Waals surface area contributed by atoms with Crippen molar-refractivity contribution in [2.75, 3.05) is 18.8 Å². The lowest BCUT2D eigenvalue weighted by atomic mass is 10.00. The van der Waals surface area contributed by atoms with Crippen molar-refractivity contribution in [1.29, 1.82) is 0 Å². The van der Waals surface area contributed by atoms with Crippen LogP contribution in [0.3, 0.4) is 0 Å². The van der Waals surface area contributed by atoms with Crippen molar-refractivity contribution in [2.45, 2.75) is 13.0 Å². The maximum Gasteiger partial charge on any atom is 0.0239 e. The molecule has 2 heteroatoms. The molecule has 80 valence electrons. The van der Waals surface area contributed by atoms with E-state index in [0.717, 1.165) is 18.8 Å². The molecule has 0 N–H and O–H groups in total. The number of nitrogens with zero attached hydrogens (tertiary/aromatic N) is 1. The summed E-state index contributed by atoms with van der Waals surface area (Å²) in [7, 11) is 0. The van der Waals surface area contributed by atoms with Gasteiger partial charge in [0.05, 0.1) is 0 Å². The summed E-state index contributed by atoms with van der Waals surface area (Å²) in [5.74, 6) is 0.838. The van der Waals surface area contributed by atoms with Gasteiger partial charge in [0.25, 0.3) is 0 Å². The standard InChI is InChI=1S/C13H17NS/c15-10-4-3-8-14-9-7-12-5-1-2-6-13(12)11-14/h1-6,15H,7-11H2. The van der Waals surface area contributed by atoms with Crippen LogP contribution in [0.5, 0.6) is 0 Å². The van der Waals surface area contributed by atoms with Crippen LogP contribution in [0.4, 0.5) is 0 Å². The molecule has 0 unspecified atom stereocenters. The predicted molar refractivity (Wildman–Crippen MR) is 68.4 cm³/mol. The van der Waals surface area contributed by atoms with Crippen molar-refractivity contribution < 1.29 is 0 Å². The molecule has 0 aromatic heterocycles. The molecule has 1 aliphatic heterocycles. The van der Waals surface area contributed by atoms with Gasteiger partial charge in [0.15, 0.2) is 0 Å². The first-order valence-corrected chi connectivity index (χ1v) is 6.08. The van der Waals surface area contributed by atoms with E-state index in [1.807, 2.05) is 0 Å². The van der Waals surface area contributed by atoms with Crippen LogP contribution < -0.4 is 0 Å². The second-order valence-electron chi connectivity index (χ2n) is 3.91. The third-order valence-electron chi connectivity index (χ3n) is 2.85. The third-order valence-corrected chi connectivity index (χ3v) is 3.06. The molecule has 0 saturated carbocycles. The van der Waals surface area contributed by atoms with Crippen LogP contribution in [0.2, 0.25) is 0 Å². The molecule has 0 fully saturated rings. The number of thiol groups is 1. The number of rotatable bonds is 3. The van der Waals surface area contributed by atoms with Crippen LogP contribution in [-0.4, -0.2) is 23.7 Å². The van der Waals surface area contributed by atoms with E-state index in [1.54, 1.807) is 0 Å². The maximum atomic E-state index is 4.16. The SMILES string of the molecule is SCC=CCN1CCc2ccccc2C1. The topological polar surface area (TPSA) is 3.24 Å². The van der Waals surface area contributed by atoms with Gasteiger partial charge in [-0.15, -0.1) is 0 Å². The quantitative estimate of drug-likeness (QED) is 0.604. The lowest BCUT2D eigenvalue weighted by molar-refractivity contribution is 0.282. The molecule has 2 rings (SSSR count). The minimum atomic E-state index is 0.838.